The van der Waals surface area contributed by atoms with Gasteiger partial charge >= 0.3 is 0 Å². The fraction of sp³-hybridized carbons (Fsp3) is 0. The van der Waals surface area contributed by atoms with E-state index in [0.29, 0.717) is 0 Å². The Morgan fingerprint density at radius 2 is 1.13 bits per heavy atom. The van der Waals surface area contributed by atoms with Crippen LogP contribution in [0.5, 0.6) is 0 Å². The second kappa shape index (κ2) is 9.94. The van der Waals surface area contributed by atoms with Gasteiger partial charge in [0.05, 0.1) is 38.6 Å². The summed E-state index contributed by atoms with van der Waals surface area (Å²) < 4.78 is 7.58. The summed E-state index contributed by atoms with van der Waals surface area (Å²) in [6.07, 6.45) is 0. The van der Waals surface area contributed by atoms with E-state index in [1.54, 1.807) is 0 Å². The van der Waals surface area contributed by atoms with Gasteiger partial charge in [0, 0.05) is 58.1 Å². The first-order chi connectivity index (χ1) is 26.3. The van der Waals surface area contributed by atoms with Crippen molar-refractivity contribution in [2.75, 3.05) is 0 Å². The molecule has 0 saturated carbocycles. The third-order valence-corrected chi connectivity index (χ3v) is 12.6. The van der Waals surface area contributed by atoms with Gasteiger partial charge in [-0.1, -0.05) is 121 Å². The van der Waals surface area contributed by atoms with E-state index in [0.717, 1.165) is 49.9 Å². The lowest BCUT2D eigenvalue weighted by atomic mass is 10.0. The van der Waals surface area contributed by atoms with E-state index >= 15 is 0 Å². The minimum absolute atomic E-state index is 0.831. The van der Waals surface area contributed by atoms with Gasteiger partial charge in [-0.25, -0.2) is 9.97 Å². The lowest BCUT2D eigenvalue weighted by Gasteiger charge is -2.15. The second-order valence-corrected chi connectivity index (χ2v) is 15.1. The Morgan fingerprint density at radius 1 is 0.434 bits per heavy atom. The molecule has 0 radical (unpaired) electrons. The molecule has 53 heavy (non-hydrogen) atoms. The first-order valence-electron chi connectivity index (χ1n) is 18.0. The van der Waals surface area contributed by atoms with Crippen molar-refractivity contribution in [3.05, 3.63) is 158 Å². The van der Waals surface area contributed by atoms with Crippen molar-refractivity contribution in [3.8, 4) is 17.1 Å². The minimum Gasteiger partial charge on any atom is -0.308 e. The summed E-state index contributed by atoms with van der Waals surface area (Å²) in [5.74, 6) is 0.831. The zero-order chi connectivity index (χ0) is 34.4. The Labute approximate surface area is 305 Å². The first-order valence-corrected chi connectivity index (χ1v) is 18.8. The maximum absolute atomic E-state index is 5.60. The van der Waals surface area contributed by atoms with Crippen LogP contribution in [0.2, 0.25) is 0 Å². The molecule has 0 atom stereocenters. The Balaban J connectivity index is 1.26. The molecule has 0 fully saturated rings. The Kier molecular flexibility index (Phi) is 5.22. The topological polar surface area (TPSA) is 35.1 Å². The summed E-state index contributed by atoms with van der Waals surface area (Å²) in [6, 6.07) is 57.1. The van der Waals surface area contributed by atoms with E-state index in [4.69, 9.17) is 9.97 Å². The number of nitrogens with zero attached hydrogens (tertiary/aromatic N) is 4. The van der Waals surface area contributed by atoms with Crippen LogP contribution in [0.3, 0.4) is 0 Å². The molecule has 0 unspecified atom stereocenters. The molecule has 0 N–H and O–H groups in total. The van der Waals surface area contributed by atoms with E-state index in [-0.39, 0.29) is 0 Å². The largest absolute Gasteiger partial charge is 0.308 e. The average molecular weight is 691 g/mol. The summed E-state index contributed by atoms with van der Waals surface area (Å²) in [5.41, 5.74) is 9.60. The van der Waals surface area contributed by atoms with Gasteiger partial charge in [0.25, 0.3) is 0 Å². The summed E-state index contributed by atoms with van der Waals surface area (Å²) in [4.78, 5) is 11.0. The zero-order valence-electron chi connectivity index (χ0n) is 28.2. The highest BCUT2D eigenvalue weighted by atomic mass is 32.1. The van der Waals surface area contributed by atoms with Crippen LogP contribution in [-0.4, -0.2) is 18.9 Å². The lowest BCUT2D eigenvalue weighted by Crippen LogP contribution is -2.04. The second-order valence-electron chi connectivity index (χ2n) is 14.1. The van der Waals surface area contributed by atoms with Gasteiger partial charge in [0.2, 0.25) is 0 Å². The third-order valence-electron chi connectivity index (χ3n) is 11.4. The third kappa shape index (κ3) is 3.50. The number of aromatic nitrogens is 4. The number of para-hydroxylation sites is 1. The molecule has 0 aliphatic heterocycles. The number of hydrogen-bond acceptors (Lipinski definition) is 3. The van der Waals surface area contributed by atoms with Crippen LogP contribution in [0, 0.1) is 0 Å². The van der Waals surface area contributed by atoms with E-state index in [1.165, 1.54) is 69.0 Å². The van der Waals surface area contributed by atoms with Crippen LogP contribution in [0.25, 0.3) is 119 Å². The van der Waals surface area contributed by atoms with Crippen LogP contribution in [0.1, 0.15) is 0 Å². The number of hydrogen-bond donors (Lipinski definition) is 0. The van der Waals surface area contributed by atoms with Gasteiger partial charge in [0.15, 0.2) is 5.82 Å². The van der Waals surface area contributed by atoms with E-state index in [2.05, 4.69) is 167 Å². The van der Waals surface area contributed by atoms with Crippen LogP contribution >= 0.6 is 11.3 Å². The maximum atomic E-state index is 5.60. The molecule has 13 aromatic rings. The molecule has 8 aromatic carbocycles. The van der Waals surface area contributed by atoms with Gasteiger partial charge < -0.3 is 4.40 Å². The van der Waals surface area contributed by atoms with Gasteiger partial charge in [-0.15, -0.1) is 11.3 Å². The molecule has 13 rings (SSSR count). The van der Waals surface area contributed by atoms with Crippen molar-refractivity contribution in [2.45, 2.75) is 0 Å². The normalized spacial score (nSPS) is 12.5. The molecule has 5 heterocycles. The van der Waals surface area contributed by atoms with Crippen LogP contribution in [-0.2, 0) is 0 Å². The van der Waals surface area contributed by atoms with Crippen LogP contribution < -0.4 is 0 Å². The molecule has 5 heteroatoms. The predicted molar refractivity (Wildman–Crippen MR) is 224 cm³/mol. The van der Waals surface area contributed by atoms with E-state index < -0.39 is 0 Å². The smallest absolute Gasteiger partial charge is 0.165 e. The number of fused-ring (bicyclic) bond motifs is 12. The van der Waals surface area contributed by atoms with E-state index in [1.807, 2.05) is 11.3 Å². The minimum atomic E-state index is 0.831. The molecule has 0 bridgehead atoms. The molecular weight excluding hydrogens is 665 g/mol. The van der Waals surface area contributed by atoms with E-state index in [9.17, 15) is 0 Å². The van der Waals surface area contributed by atoms with Crippen LogP contribution in [0.15, 0.2) is 158 Å². The number of thiophene rings is 1. The van der Waals surface area contributed by atoms with Crippen molar-refractivity contribution in [1.29, 1.82) is 0 Å². The quantitative estimate of drug-likeness (QED) is 0.169. The fourth-order valence-electron chi connectivity index (χ4n) is 9.25. The molecule has 0 spiro atoms. The highest BCUT2D eigenvalue weighted by molar-refractivity contribution is 7.26. The summed E-state index contributed by atoms with van der Waals surface area (Å²) >= 11 is 1.90. The van der Waals surface area contributed by atoms with Crippen molar-refractivity contribution in [1.82, 2.24) is 18.9 Å². The molecular formula is C48H26N4S. The molecule has 5 aromatic heterocycles. The molecule has 0 amide bonds. The standard InChI is InChI=1S/C48H26N4S/c1-2-12-28(13-3-1)44-48(50-45-29-14-5-4-11-27(29)23-25-35(45)49-44)52-36-19-9-16-31-32-17-8-18-34-42-39(26-24-33-30-15-6-7-22-40(30)53-47(33)42)51(46(32)34)37-20-10-21-38(52)43(37)41(31)36/h1-26H. The number of rotatable bonds is 2. The molecule has 4 nitrogen and oxygen atoms in total. The summed E-state index contributed by atoms with van der Waals surface area (Å²) in [7, 11) is 0. The Hall–Kier alpha value is -6.82. The van der Waals surface area contributed by atoms with Crippen molar-refractivity contribution < 1.29 is 0 Å². The monoisotopic (exact) mass is 690 g/mol. The SMILES string of the molecule is c1ccc(-c2nc3ccc4ccccc4c3nc2-n2c3cccc4c5cccc6c7c8sc9ccccc9c8ccc7n(c7cccc2c7c43)c56)cc1. The maximum Gasteiger partial charge on any atom is 0.165 e. The predicted octanol–water partition coefficient (Wildman–Crippen LogP) is 13.1. The lowest BCUT2D eigenvalue weighted by molar-refractivity contribution is 1.08. The van der Waals surface area contributed by atoms with Gasteiger partial charge in [-0.2, -0.15) is 0 Å². The molecule has 0 saturated heterocycles. The Bertz CT molecular complexity index is 3680. The van der Waals surface area contributed by atoms with Crippen molar-refractivity contribution in [2.24, 2.45) is 0 Å². The average Bonchev–Trinajstić information content (AvgIpc) is 3.85. The highest BCUT2D eigenvalue weighted by Gasteiger charge is 2.25. The fourth-order valence-corrected chi connectivity index (χ4v) is 10.5. The van der Waals surface area contributed by atoms with Gasteiger partial charge in [-0.05, 0) is 47.2 Å². The summed E-state index contributed by atoms with van der Waals surface area (Å²) in [6.45, 7) is 0. The van der Waals surface area contributed by atoms with Crippen molar-refractivity contribution in [3.63, 3.8) is 0 Å². The van der Waals surface area contributed by atoms with Crippen LogP contribution in [0.4, 0.5) is 0 Å². The Morgan fingerprint density at radius 3 is 2.06 bits per heavy atom. The van der Waals surface area contributed by atoms with Crippen molar-refractivity contribution >= 4 is 113 Å². The number of benzene rings is 8. The molecule has 244 valence electrons. The summed E-state index contributed by atoms with van der Waals surface area (Å²) in [5, 5.41) is 12.5. The zero-order valence-corrected chi connectivity index (χ0v) is 29.0. The molecule has 0 aliphatic carbocycles. The van der Waals surface area contributed by atoms with Gasteiger partial charge in [-0.3, -0.25) is 4.57 Å². The van der Waals surface area contributed by atoms with Gasteiger partial charge in [0.1, 0.15) is 5.69 Å². The molecule has 0 aliphatic rings. The first kappa shape index (κ1) is 27.8. The highest BCUT2D eigenvalue weighted by Crippen LogP contribution is 2.48.